The van der Waals surface area contributed by atoms with Crippen molar-refractivity contribution in [1.82, 2.24) is 0 Å². The number of hydrogen-bond acceptors (Lipinski definition) is 5. The molecule has 0 aromatic rings. The van der Waals surface area contributed by atoms with E-state index >= 15 is 0 Å². The molecule has 3 fully saturated rings. The van der Waals surface area contributed by atoms with Crippen LogP contribution in [0, 0.1) is 28.6 Å². The Hall–Kier alpha value is -1.49. The first-order valence-electron chi connectivity index (χ1n) is 11.3. The fourth-order valence-electron chi connectivity index (χ4n) is 7.39. The van der Waals surface area contributed by atoms with E-state index in [1.165, 1.54) is 5.57 Å². The number of carbonyl (C=O) groups is 3. The topological polar surface area (TPSA) is 80.7 Å². The van der Waals surface area contributed by atoms with Crippen molar-refractivity contribution in [2.45, 2.75) is 84.2 Å². The number of rotatable bonds is 4. The zero-order valence-electron chi connectivity index (χ0n) is 18.0. The van der Waals surface area contributed by atoms with Gasteiger partial charge >= 0.3 is 5.97 Å². The third-order valence-corrected chi connectivity index (χ3v) is 9.13. The first-order valence-corrected chi connectivity index (χ1v) is 11.3. The molecule has 0 heterocycles. The van der Waals surface area contributed by atoms with Gasteiger partial charge in [-0.2, -0.15) is 0 Å². The lowest BCUT2D eigenvalue weighted by atomic mass is 9.48. The lowest BCUT2D eigenvalue weighted by Crippen LogP contribution is -2.58. The number of carbonyl (C=O) groups excluding carboxylic acids is 3. The lowest BCUT2D eigenvalue weighted by molar-refractivity contribution is -0.184. The molecule has 0 saturated heterocycles. The van der Waals surface area contributed by atoms with Gasteiger partial charge in [-0.3, -0.25) is 14.4 Å². The van der Waals surface area contributed by atoms with Gasteiger partial charge in [-0.15, -0.1) is 0 Å². The molecule has 0 radical (unpaired) electrons. The van der Waals surface area contributed by atoms with E-state index in [0.29, 0.717) is 43.3 Å². The number of fused-ring (bicyclic) bond motifs is 5. The molecule has 3 saturated carbocycles. The van der Waals surface area contributed by atoms with Crippen LogP contribution in [0.2, 0.25) is 0 Å². The molecule has 0 bridgehead atoms. The zero-order chi connectivity index (χ0) is 21.0. The van der Waals surface area contributed by atoms with Crippen molar-refractivity contribution in [3.63, 3.8) is 0 Å². The standard InChI is InChI=1S/C24H34O5/c1-4-21(28)29-24(20(27)14-25)12-9-19-17-6-5-15-13-16(26)7-10-22(15,2)18(17)8-11-23(19,24)3/h8,15,17,19,25H,4-7,9-14H2,1-3H3/t15-,17-,19+,22+,23+,24+/m1/s1. The number of ketones is 2. The summed E-state index contributed by atoms with van der Waals surface area (Å²) in [6, 6.07) is 0. The summed E-state index contributed by atoms with van der Waals surface area (Å²) >= 11 is 0. The van der Waals surface area contributed by atoms with Gasteiger partial charge in [0.1, 0.15) is 12.4 Å². The number of aliphatic hydroxyl groups is 1. The quantitative estimate of drug-likeness (QED) is 0.572. The maximum atomic E-state index is 12.9. The van der Waals surface area contributed by atoms with Crippen LogP contribution in [-0.4, -0.2) is 34.9 Å². The highest BCUT2D eigenvalue weighted by atomic mass is 16.6. The molecular formula is C24H34O5. The number of Topliss-reactive ketones (excluding diaryl/α,β-unsaturated/α-hetero) is 2. The van der Waals surface area contributed by atoms with Crippen molar-refractivity contribution in [2.75, 3.05) is 6.61 Å². The Morgan fingerprint density at radius 2 is 1.97 bits per heavy atom. The van der Waals surface area contributed by atoms with Gasteiger partial charge in [0.05, 0.1) is 0 Å². The summed E-state index contributed by atoms with van der Waals surface area (Å²) in [5.74, 6) is 0.731. The van der Waals surface area contributed by atoms with Crippen molar-refractivity contribution >= 4 is 17.5 Å². The van der Waals surface area contributed by atoms with Crippen LogP contribution in [0.25, 0.3) is 0 Å². The van der Waals surface area contributed by atoms with Gasteiger partial charge in [-0.25, -0.2) is 0 Å². The molecule has 0 aliphatic heterocycles. The second-order valence-corrected chi connectivity index (χ2v) is 10.2. The largest absolute Gasteiger partial charge is 0.450 e. The van der Waals surface area contributed by atoms with E-state index < -0.39 is 17.6 Å². The highest BCUT2D eigenvalue weighted by Crippen LogP contribution is 2.67. The molecule has 4 aliphatic carbocycles. The van der Waals surface area contributed by atoms with Crippen LogP contribution in [0.1, 0.15) is 78.6 Å². The minimum Gasteiger partial charge on any atom is -0.450 e. The predicted octanol–water partition coefficient (Wildman–Crippen LogP) is 3.77. The van der Waals surface area contributed by atoms with Gasteiger partial charge in [0.15, 0.2) is 5.60 Å². The summed E-state index contributed by atoms with van der Waals surface area (Å²) in [6.07, 6.45) is 8.92. The number of hydrogen-bond donors (Lipinski definition) is 1. The van der Waals surface area contributed by atoms with Crippen molar-refractivity contribution in [3.05, 3.63) is 11.6 Å². The molecular weight excluding hydrogens is 368 g/mol. The number of esters is 1. The molecule has 5 nitrogen and oxygen atoms in total. The van der Waals surface area contributed by atoms with Crippen LogP contribution in [-0.2, 0) is 19.1 Å². The summed E-state index contributed by atoms with van der Waals surface area (Å²) in [5.41, 5.74) is -0.149. The van der Waals surface area contributed by atoms with Gasteiger partial charge < -0.3 is 9.84 Å². The third-order valence-electron chi connectivity index (χ3n) is 9.13. The summed E-state index contributed by atoms with van der Waals surface area (Å²) < 4.78 is 5.88. The summed E-state index contributed by atoms with van der Waals surface area (Å²) in [4.78, 5) is 37.3. The first-order chi connectivity index (χ1) is 13.7. The fraction of sp³-hybridized carbons (Fsp3) is 0.792. The fourth-order valence-corrected chi connectivity index (χ4v) is 7.39. The molecule has 29 heavy (non-hydrogen) atoms. The minimum atomic E-state index is -1.22. The summed E-state index contributed by atoms with van der Waals surface area (Å²) in [5, 5.41) is 9.72. The van der Waals surface area contributed by atoms with Gasteiger partial charge in [-0.05, 0) is 61.7 Å². The van der Waals surface area contributed by atoms with Crippen LogP contribution in [0.4, 0.5) is 0 Å². The van der Waals surface area contributed by atoms with E-state index in [1.807, 2.05) is 0 Å². The molecule has 0 aromatic carbocycles. The van der Waals surface area contributed by atoms with E-state index in [9.17, 15) is 19.5 Å². The second kappa shape index (κ2) is 7.04. The molecule has 0 amide bonds. The Labute approximate surface area is 173 Å². The Morgan fingerprint density at radius 3 is 2.66 bits per heavy atom. The average molecular weight is 403 g/mol. The Kier molecular flexibility index (Phi) is 5.04. The molecule has 0 spiro atoms. The van der Waals surface area contributed by atoms with Crippen molar-refractivity contribution in [3.8, 4) is 0 Å². The average Bonchev–Trinajstić information content (AvgIpc) is 3.01. The monoisotopic (exact) mass is 402 g/mol. The van der Waals surface area contributed by atoms with Gasteiger partial charge in [-0.1, -0.05) is 32.4 Å². The molecule has 5 heteroatoms. The molecule has 4 aliphatic rings. The van der Waals surface area contributed by atoms with Crippen LogP contribution in [0.15, 0.2) is 11.6 Å². The van der Waals surface area contributed by atoms with E-state index in [1.54, 1.807) is 6.92 Å². The van der Waals surface area contributed by atoms with Crippen molar-refractivity contribution in [1.29, 1.82) is 0 Å². The molecule has 6 atom stereocenters. The predicted molar refractivity (Wildman–Crippen MR) is 108 cm³/mol. The SMILES string of the molecule is CCC(=O)O[C@]1(C(=O)CO)CC[C@H]2[C@@H]3CC[C@@H]4CC(=O)CC[C@]4(C)C3=CC[C@@]21C. The van der Waals surface area contributed by atoms with E-state index in [2.05, 4.69) is 19.9 Å². The van der Waals surface area contributed by atoms with E-state index in [4.69, 9.17) is 4.74 Å². The molecule has 0 aromatic heterocycles. The zero-order valence-corrected chi connectivity index (χ0v) is 18.0. The van der Waals surface area contributed by atoms with Crippen molar-refractivity contribution < 1.29 is 24.2 Å². The van der Waals surface area contributed by atoms with E-state index in [-0.39, 0.29) is 29.5 Å². The van der Waals surface area contributed by atoms with Crippen LogP contribution >= 0.6 is 0 Å². The highest BCUT2D eigenvalue weighted by Gasteiger charge is 2.67. The Balaban J connectivity index is 1.73. The van der Waals surface area contributed by atoms with Gasteiger partial charge in [0, 0.05) is 24.7 Å². The highest BCUT2D eigenvalue weighted by molar-refractivity contribution is 5.92. The van der Waals surface area contributed by atoms with Crippen LogP contribution in [0.3, 0.4) is 0 Å². The number of aliphatic hydroxyl groups excluding tert-OH is 1. The molecule has 0 unspecified atom stereocenters. The summed E-state index contributed by atoms with van der Waals surface area (Å²) in [7, 11) is 0. The minimum absolute atomic E-state index is 0.0739. The maximum absolute atomic E-state index is 12.9. The number of allylic oxidation sites excluding steroid dienone is 2. The van der Waals surface area contributed by atoms with Gasteiger partial charge in [0.25, 0.3) is 0 Å². The molecule has 1 N–H and O–H groups in total. The maximum Gasteiger partial charge on any atom is 0.306 e. The molecule has 4 rings (SSSR count). The van der Waals surface area contributed by atoms with Crippen molar-refractivity contribution in [2.24, 2.45) is 28.6 Å². The van der Waals surface area contributed by atoms with E-state index in [0.717, 1.165) is 25.7 Å². The lowest BCUT2D eigenvalue weighted by Gasteiger charge is -2.56. The molecule has 160 valence electrons. The smallest absolute Gasteiger partial charge is 0.306 e. The van der Waals surface area contributed by atoms with Crippen LogP contribution < -0.4 is 0 Å². The second-order valence-electron chi connectivity index (χ2n) is 10.2. The van der Waals surface area contributed by atoms with Crippen LogP contribution in [0.5, 0.6) is 0 Å². The first kappa shape index (κ1) is 20.8. The third kappa shape index (κ3) is 2.79. The normalized spacial score (nSPS) is 43.7. The summed E-state index contributed by atoms with van der Waals surface area (Å²) in [6.45, 7) is 5.57. The Morgan fingerprint density at radius 1 is 1.21 bits per heavy atom. The number of ether oxygens (including phenoxy) is 1. The van der Waals surface area contributed by atoms with Gasteiger partial charge in [0.2, 0.25) is 5.78 Å². The Bertz CT molecular complexity index is 769.